The molecule has 9 nitrogen and oxygen atoms in total. The molecule has 1 fully saturated rings. The molecule has 2 aliphatic rings. The monoisotopic (exact) mass is 575 g/mol. The van der Waals surface area contributed by atoms with E-state index in [0.29, 0.717) is 45.0 Å². The van der Waals surface area contributed by atoms with Gasteiger partial charge >= 0.3 is 0 Å². The minimum Gasteiger partial charge on any atom is -0.454 e. The lowest BCUT2D eigenvalue weighted by atomic mass is 10.1. The smallest absolute Gasteiger partial charge is 0.262 e. The molecule has 212 valence electrons. The van der Waals surface area contributed by atoms with Crippen LogP contribution in [0.15, 0.2) is 65.5 Å². The molecule has 11 heteroatoms. The number of carbonyl (C=O) groups excluding carboxylic acids is 1. The number of aromatic nitrogens is 2. The number of anilines is 1. The van der Waals surface area contributed by atoms with E-state index < -0.39 is 0 Å². The molecule has 6 rings (SSSR count). The number of hydrogen-bond donors (Lipinski definition) is 2. The number of carbonyl (C=O) groups is 1. The molecule has 2 N–H and O–H groups in total. The number of para-hydroxylation sites is 1. The molecule has 3 heterocycles. The number of piperazine rings is 1. The summed E-state index contributed by atoms with van der Waals surface area (Å²) in [5.74, 6) is 0.784. The van der Waals surface area contributed by atoms with Crippen molar-refractivity contribution in [1.29, 1.82) is 0 Å². The lowest BCUT2D eigenvalue weighted by Crippen LogP contribution is -2.47. The summed E-state index contributed by atoms with van der Waals surface area (Å²) in [4.78, 5) is 33.4. The highest BCUT2D eigenvalue weighted by atomic mass is 32.1. The van der Waals surface area contributed by atoms with Gasteiger partial charge in [-0.2, -0.15) is 0 Å². The zero-order valence-electron chi connectivity index (χ0n) is 22.4. The van der Waals surface area contributed by atoms with Crippen LogP contribution in [0, 0.1) is 10.6 Å². The maximum absolute atomic E-state index is 14.1. The second-order valence-electron chi connectivity index (χ2n) is 10.2. The van der Waals surface area contributed by atoms with E-state index in [9.17, 15) is 14.0 Å². The van der Waals surface area contributed by atoms with Crippen LogP contribution < -0.4 is 25.2 Å². The van der Waals surface area contributed by atoms with E-state index in [-0.39, 0.29) is 30.6 Å². The summed E-state index contributed by atoms with van der Waals surface area (Å²) in [6, 6.07) is 17.4. The predicted octanol–water partition coefficient (Wildman–Crippen LogP) is 3.92. The second kappa shape index (κ2) is 11.7. The van der Waals surface area contributed by atoms with Crippen molar-refractivity contribution in [3.8, 4) is 11.5 Å². The van der Waals surface area contributed by atoms with Crippen molar-refractivity contribution in [2.75, 3.05) is 51.0 Å². The van der Waals surface area contributed by atoms with Gasteiger partial charge in [-0.3, -0.25) is 19.1 Å². The first kappa shape index (κ1) is 27.0. The van der Waals surface area contributed by atoms with Crippen LogP contribution >= 0.6 is 12.2 Å². The van der Waals surface area contributed by atoms with Crippen molar-refractivity contribution in [2.24, 2.45) is 0 Å². The number of H-pyrrole nitrogens is 1. The Hall–Kier alpha value is -4.22. The molecule has 1 aromatic heterocycles. The summed E-state index contributed by atoms with van der Waals surface area (Å²) < 4.78 is 26.6. The van der Waals surface area contributed by atoms with Crippen molar-refractivity contribution in [3.05, 3.63) is 92.7 Å². The Morgan fingerprint density at radius 1 is 1.00 bits per heavy atom. The molecule has 41 heavy (non-hydrogen) atoms. The number of nitrogens with one attached hydrogen (secondary N) is 2. The van der Waals surface area contributed by atoms with E-state index in [0.717, 1.165) is 44.7 Å². The molecule has 0 atom stereocenters. The maximum atomic E-state index is 14.1. The molecule has 0 bridgehead atoms. The largest absolute Gasteiger partial charge is 0.454 e. The Labute approximate surface area is 241 Å². The highest BCUT2D eigenvalue weighted by Gasteiger charge is 2.19. The highest BCUT2D eigenvalue weighted by Crippen LogP contribution is 2.34. The standard InChI is InChI=1S/C30H30FN5O4S/c31-23-4-1-2-5-25(23)35-14-12-34(13-15-35)11-3-10-32-28(37)21-8-6-20(7-9-21)18-36-29(38)22-16-26-27(40-19-39-26)17-24(22)33-30(36)41/h1-2,4-9,16-17H,3,10-15,18-19H2,(H,32,37)(H,33,41). The number of aromatic amines is 1. The maximum Gasteiger partial charge on any atom is 0.262 e. The molecular weight excluding hydrogens is 545 g/mol. The van der Waals surface area contributed by atoms with Crippen LogP contribution in [0.1, 0.15) is 22.3 Å². The second-order valence-corrected chi connectivity index (χ2v) is 10.5. The van der Waals surface area contributed by atoms with E-state index in [1.807, 2.05) is 24.3 Å². The average molecular weight is 576 g/mol. The van der Waals surface area contributed by atoms with Crippen LogP contribution in [0.2, 0.25) is 0 Å². The van der Waals surface area contributed by atoms with Crippen molar-refractivity contribution in [2.45, 2.75) is 13.0 Å². The minimum atomic E-state index is -0.225. The SMILES string of the molecule is O=C(NCCCN1CCN(c2ccccc2F)CC1)c1ccc(Cn2c(=S)[nH]c3cc4c(cc3c2=O)OCO4)cc1. The summed E-state index contributed by atoms with van der Waals surface area (Å²) in [7, 11) is 0. The van der Waals surface area contributed by atoms with Crippen LogP contribution in [0.3, 0.4) is 0 Å². The number of halogens is 1. The molecule has 0 aliphatic carbocycles. The van der Waals surface area contributed by atoms with E-state index in [2.05, 4.69) is 20.1 Å². The molecule has 0 radical (unpaired) electrons. The van der Waals surface area contributed by atoms with Gasteiger partial charge in [0, 0.05) is 44.4 Å². The van der Waals surface area contributed by atoms with Gasteiger partial charge in [0.25, 0.3) is 11.5 Å². The molecule has 3 aromatic carbocycles. The highest BCUT2D eigenvalue weighted by molar-refractivity contribution is 7.71. The van der Waals surface area contributed by atoms with Crippen LogP contribution in [-0.2, 0) is 6.54 Å². The predicted molar refractivity (Wildman–Crippen MR) is 157 cm³/mol. The summed E-state index contributed by atoms with van der Waals surface area (Å²) in [6.07, 6.45) is 0.826. The number of benzene rings is 3. The Morgan fingerprint density at radius 2 is 1.73 bits per heavy atom. The van der Waals surface area contributed by atoms with Crippen molar-refractivity contribution < 1.29 is 18.7 Å². The van der Waals surface area contributed by atoms with Crippen molar-refractivity contribution in [1.82, 2.24) is 19.8 Å². The van der Waals surface area contributed by atoms with E-state index in [1.165, 1.54) is 10.6 Å². The zero-order chi connectivity index (χ0) is 28.3. The van der Waals surface area contributed by atoms with Gasteiger partial charge < -0.3 is 24.7 Å². The first-order valence-corrected chi connectivity index (χ1v) is 14.0. The van der Waals surface area contributed by atoms with Crippen LogP contribution in [0.5, 0.6) is 11.5 Å². The topological polar surface area (TPSA) is 91.8 Å². The fourth-order valence-electron chi connectivity index (χ4n) is 5.26. The normalized spacial score (nSPS) is 14.9. The van der Waals surface area contributed by atoms with E-state index >= 15 is 0 Å². The summed E-state index contributed by atoms with van der Waals surface area (Å²) in [5, 5.41) is 3.45. The molecule has 0 spiro atoms. The minimum absolute atomic E-state index is 0.121. The fourth-order valence-corrected chi connectivity index (χ4v) is 5.51. The summed E-state index contributed by atoms with van der Waals surface area (Å²) in [5.41, 5.74) is 2.43. The zero-order valence-corrected chi connectivity index (χ0v) is 23.2. The van der Waals surface area contributed by atoms with E-state index in [1.54, 1.807) is 30.3 Å². The van der Waals surface area contributed by atoms with Crippen LogP contribution in [0.4, 0.5) is 10.1 Å². The van der Waals surface area contributed by atoms with Gasteiger partial charge in [0.05, 0.1) is 23.1 Å². The molecular formula is C30H30FN5O4S. The molecule has 2 aliphatic heterocycles. The molecule has 1 amide bonds. The first-order chi connectivity index (χ1) is 20.0. The number of nitrogens with zero attached hydrogens (tertiary/aromatic N) is 3. The Kier molecular flexibility index (Phi) is 7.71. The van der Waals surface area contributed by atoms with Gasteiger partial charge in [-0.05, 0) is 61.1 Å². The van der Waals surface area contributed by atoms with Gasteiger partial charge in [0.15, 0.2) is 16.3 Å². The van der Waals surface area contributed by atoms with Crippen molar-refractivity contribution in [3.63, 3.8) is 0 Å². The third-order valence-electron chi connectivity index (χ3n) is 7.53. The Bertz CT molecular complexity index is 1700. The lowest BCUT2D eigenvalue weighted by Gasteiger charge is -2.36. The van der Waals surface area contributed by atoms with Crippen LogP contribution in [0.25, 0.3) is 10.9 Å². The third-order valence-corrected chi connectivity index (χ3v) is 7.86. The lowest BCUT2D eigenvalue weighted by molar-refractivity contribution is 0.0951. The fraction of sp³-hybridized carbons (Fsp3) is 0.300. The number of amides is 1. The summed E-state index contributed by atoms with van der Waals surface area (Å²) >= 11 is 5.45. The van der Waals surface area contributed by atoms with Gasteiger partial charge in [0.1, 0.15) is 5.82 Å². The Balaban J connectivity index is 0.992. The van der Waals surface area contributed by atoms with Crippen LogP contribution in [-0.4, -0.2) is 66.4 Å². The van der Waals surface area contributed by atoms with Gasteiger partial charge in [-0.25, -0.2) is 4.39 Å². The van der Waals surface area contributed by atoms with Gasteiger partial charge in [0.2, 0.25) is 6.79 Å². The molecule has 0 saturated carbocycles. The third kappa shape index (κ3) is 5.82. The number of rotatable bonds is 8. The number of hydrogen-bond acceptors (Lipinski definition) is 7. The van der Waals surface area contributed by atoms with Crippen molar-refractivity contribution >= 4 is 34.7 Å². The Morgan fingerprint density at radius 3 is 2.49 bits per heavy atom. The van der Waals surface area contributed by atoms with E-state index in [4.69, 9.17) is 21.7 Å². The molecule has 1 saturated heterocycles. The number of fused-ring (bicyclic) bond motifs is 2. The first-order valence-electron chi connectivity index (χ1n) is 13.6. The molecule has 0 unspecified atom stereocenters. The number of ether oxygens (including phenoxy) is 2. The summed E-state index contributed by atoms with van der Waals surface area (Å²) in [6.45, 7) is 5.10. The quantitative estimate of drug-likeness (QED) is 0.243. The van der Waals surface area contributed by atoms with Gasteiger partial charge in [-0.1, -0.05) is 24.3 Å². The molecule has 4 aromatic rings. The average Bonchev–Trinajstić information content (AvgIpc) is 3.45. The van der Waals surface area contributed by atoms with Gasteiger partial charge in [-0.15, -0.1) is 0 Å².